The highest BCUT2D eigenvalue weighted by molar-refractivity contribution is 7.89. The van der Waals surface area contributed by atoms with Gasteiger partial charge in [-0.3, -0.25) is 0 Å². The van der Waals surface area contributed by atoms with Gasteiger partial charge >= 0.3 is 0 Å². The number of sulfonamides is 1. The Labute approximate surface area is 159 Å². The zero-order valence-electron chi connectivity index (χ0n) is 14.3. The predicted octanol–water partition coefficient (Wildman–Crippen LogP) is 3.87. The Morgan fingerprint density at radius 3 is 2.44 bits per heavy atom. The molecule has 1 atom stereocenters. The van der Waals surface area contributed by atoms with Crippen LogP contribution in [0.5, 0.6) is 5.75 Å². The summed E-state index contributed by atoms with van der Waals surface area (Å²) in [6, 6.07) is 4.94. The SMILES string of the molecule is COc1ccc(S(=O)(=O)N2CCCCCC2)cc1NC[C@H]1CC1(Cl)Cl. The first-order valence-corrected chi connectivity index (χ1v) is 10.8. The number of hydrogen-bond acceptors (Lipinski definition) is 4. The summed E-state index contributed by atoms with van der Waals surface area (Å²) in [6.07, 6.45) is 4.73. The van der Waals surface area contributed by atoms with Crippen LogP contribution in [0.4, 0.5) is 5.69 Å². The van der Waals surface area contributed by atoms with Crippen LogP contribution in [0.3, 0.4) is 0 Å². The van der Waals surface area contributed by atoms with E-state index in [1.54, 1.807) is 29.6 Å². The number of rotatable bonds is 6. The smallest absolute Gasteiger partial charge is 0.243 e. The van der Waals surface area contributed by atoms with E-state index in [4.69, 9.17) is 27.9 Å². The third kappa shape index (κ3) is 4.35. The molecule has 0 amide bonds. The molecule has 0 unspecified atom stereocenters. The molecule has 2 fully saturated rings. The Bertz CT molecular complexity index is 717. The van der Waals surface area contributed by atoms with Gasteiger partial charge < -0.3 is 10.1 Å². The molecule has 2 aliphatic rings. The molecule has 1 saturated carbocycles. The van der Waals surface area contributed by atoms with Crippen LogP contribution in [0.25, 0.3) is 0 Å². The molecule has 140 valence electrons. The van der Waals surface area contributed by atoms with Crippen LogP contribution in [0.15, 0.2) is 23.1 Å². The van der Waals surface area contributed by atoms with Gasteiger partial charge in [0.15, 0.2) is 0 Å². The van der Waals surface area contributed by atoms with E-state index in [1.165, 1.54) is 0 Å². The average molecular weight is 407 g/mol. The number of benzene rings is 1. The maximum Gasteiger partial charge on any atom is 0.243 e. The van der Waals surface area contributed by atoms with Crippen molar-refractivity contribution in [1.82, 2.24) is 4.31 Å². The summed E-state index contributed by atoms with van der Waals surface area (Å²) >= 11 is 12.1. The van der Waals surface area contributed by atoms with Gasteiger partial charge in [-0.2, -0.15) is 4.31 Å². The van der Waals surface area contributed by atoms with Crippen LogP contribution < -0.4 is 10.1 Å². The van der Waals surface area contributed by atoms with Gasteiger partial charge in [-0.25, -0.2) is 8.42 Å². The molecular formula is C17H24Cl2N2O3S. The maximum atomic E-state index is 13.0. The summed E-state index contributed by atoms with van der Waals surface area (Å²) in [5, 5.41) is 3.23. The molecule has 0 bridgehead atoms. The van der Waals surface area contributed by atoms with Crippen molar-refractivity contribution in [3.05, 3.63) is 18.2 Å². The number of nitrogens with zero attached hydrogens (tertiary/aromatic N) is 1. The monoisotopic (exact) mass is 406 g/mol. The van der Waals surface area contributed by atoms with Crippen molar-refractivity contribution in [3.8, 4) is 5.75 Å². The average Bonchev–Trinajstić information content (AvgIpc) is 3.28. The topological polar surface area (TPSA) is 58.6 Å². The summed E-state index contributed by atoms with van der Waals surface area (Å²) in [7, 11) is -1.93. The molecule has 0 aromatic heterocycles. The largest absolute Gasteiger partial charge is 0.495 e. The molecular weight excluding hydrogens is 383 g/mol. The minimum absolute atomic E-state index is 0.159. The van der Waals surface area contributed by atoms with E-state index in [2.05, 4.69) is 5.32 Å². The molecule has 1 aliphatic carbocycles. The zero-order chi connectivity index (χ0) is 18.1. The third-order valence-corrected chi connectivity index (χ3v) is 7.69. The summed E-state index contributed by atoms with van der Waals surface area (Å²) < 4.78 is 32.2. The lowest BCUT2D eigenvalue weighted by Gasteiger charge is -2.21. The minimum Gasteiger partial charge on any atom is -0.495 e. The number of halogens is 2. The second-order valence-corrected chi connectivity index (χ2v) is 10.2. The molecule has 0 radical (unpaired) electrons. The van der Waals surface area contributed by atoms with Crippen molar-refractivity contribution in [2.45, 2.75) is 41.3 Å². The molecule has 3 rings (SSSR count). The van der Waals surface area contributed by atoms with E-state index in [0.717, 1.165) is 32.1 Å². The fraction of sp³-hybridized carbons (Fsp3) is 0.647. The van der Waals surface area contributed by atoms with E-state index in [9.17, 15) is 8.42 Å². The third-order valence-electron chi connectivity index (χ3n) is 4.87. The Morgan fingerprint density at radius 2 is 1.88 bits per heavy atom. The molecule has 1 heterocycles. The number of nitrogens with one attached hydrogen (secondary N) is 1. The summed E-state index contributed by atoms with van der Waals surface area (Å²) in [6.45, 7) is 1.75. The molecule has 1 aliphatic heterocycles. The van der Waals surface area contributed by atoms with Gasteiger partial charge in [0.05, 0.1) is 17.7 Å². The highest BCUT2D eigenvalue weighted by Gasteiger charge is 2.51. The fourth-order valence-corrected chi connectivity index (χ4v) is 5.21. The maximum absolute atomic E-state index is 13.0. The minimum atomic E-state index is -3.49. The van der Waals surface area contributed by atoms with Gasteiger partial charge in [-0.15, -0.1) is 23.2 Å². The predicted molar refractivity (Wildman–Crippen MR) is 101 cm³/mol. The van der Waals surface area contributed by atoms with Crippen LogP contribution in [0, 0.1) is 5.92 Å². The summed E-state index contributed by atoms with van der Waals surface area (Å²) in [5.74, 6) is 0.761. The van der Waals surface area contributed by atoms with Gasteiger partial charge in [-0.05, 0) is 37.5 Å². The summed E-state index contributed by atoms with van der Waals surface area (Å²) in [4.78, 5) is 0.288. The highest BCUT2D eigenvalue weighted by Crippen LogP contribution is 2.53. The lowest BCUT2D eigenvalue weighted by Crippen LogP contribution is -2.32. The molecule has 5 nitrogen and oxygen atoms in total. The highest BCUT2D eigenvalue weighted by atomic mass is 35.5. The van der Waals surface area contributed by atoms with Crippen LogP contribution in [-0.4, -0.2) is 43.8 Å². The van der Waals surface area contributed by atoms with E-state index in [0.29, 0.717) is 31.1 Å². The van der Waals surface area contributed by atoms with Crippen LogP contribution in [0.1, 0.15) is 32.1 Å². The van der Waals surface area contributed by atoms with Crippen LogP contribution in [-0.2, 0) is 10.0 Å². The van der Waals surface area contributed by atoms with Gasteiger partial charge in [0.1, 0.15) is 10.1 Å². The van der Waals surface area contributed by atoms with Crippen LogP contribution >= 0.6 is 23.2 Å². The van der Waals surface area contributed by atoms with Gasteiger partial charge in [0.25, 0.3) is 0 Å². The standard InChI is InChI=1S/C17H24Cl2N2O3S/c1-24-16-7-6-14(10-15(16)20-12-13-11-17(13,18)19)25(22,23)21-8-4-2-3-5-9-21/h6-7,10,13,20H,2-5,8-9,11-12H2,1H3/t13-/m1/s1. The Hall–Kier alpha value is -0.690. The van der Waals surface area contributed by atoms with E-state index in [-0.39, 0.29) is 10.8 Å². The number of hydrogen-bond donors (Lipinski definition) is 1. The van der Waals surface area contributed by atoms with Gasteiger partial charge in [0, 0.05) is 25.6 Å². The number of ether oxygens (including phenoxy) is 1. The first kappa shape index (κ1) is 19.1. The molecule has 25 heavy (non-hydrogen) atoms. The van der Waals surface area contributed by atoms with Crippen molar-refractivity contribution in [1.29, 1.82) is 0 Å². The van der Waals surface area contributed by atoms with Crippen molar-refractivity contribution in [2.75, 3.05) is 32.1 Å². The van der Waals surface area contributed by atoms with E-state index < -0.39 is 14.4 Å². The molecule has 1 aromatic carbocycles. The second kappa shape index (κ2) is 7.51. The van der Waals surface area contributed by atoms with Gasteiger partial charge in [0.2, 0.25) is 10.0 Å². The molecule has 0 spiro atoms. The lowest BCUT2D eigenvalue weighted by atomic mass is 10.2. The van der Waals surface area contributed by atoms with Crippen molar-refractivity contribution < 1.29 is 13.2 Å². The molecule has 1 saturated heterocycles. The number of anilines is 1. The van der Waals surface area contributed by atoms with E-state index in [1.807, 2.05) is 0 Å². The lowest BCUT2D eigenvalue weighted by molar-refractivity contribution is 0.414. The summed E-state index contributed by atoms with van der Waals surface area (Å²) in [5.41, 5.74) is 0.648. The first-order valence-electron chi connectivity index (χ1n) is 8.64. The Balaban J connectivity index is 1.80. The van der Waals surface area contributed by atoms with Crippen molar-refractivity contribution >= 4 is 38.9 Å². The Morgan fingerprint density at radius 1 is 1.24 bits per heavy atom. The van der Waals surface area contributed by atoms with Gasteiger partial charge in [-0.1, -0.05) is 12.8 Å². The molecule has 1 N–H and O–H groups in total. The first-order chi connectivity index (χ1) is 11.8. The number of alkyl halides is 2. The Kier molecular flexibility index (Phi) is 5.73. The fourth-order valence-electron chi connectivity index (χ4n) is 3.14. The zero-order valence-corrected chi connectivity index (χ0v) is 16.6. The van der Waals surface area contributed by atoms with Crippen molar-refractivity contribution in [3.63, 3.8) is 0 Å². The normalized spacial score (nSPS) is 23.7. The molecule has 8 heteroatoms. The quantitative estimate of drug-likeness (QED) is 0.728. The molecule has 1 aromatic rings. The van der Waals surface area contributed by atoms with Crippen LogP contribution in [0.2, 0.25) is 0 Å². The van der Waals surface area contributed by atoms with E-state index >= 15 is 0 Å². The van der Waals surface area contributed by atoms with Crippen molar-refractivity contribution in [2.24, 2.45) is 5.92 Å². The second-order valence-electron chi connectivity index (χ2n) is 6.72. The number of methoxy groups -OCH3 is 1.